The number of hydrogen-bond donors (Lipinski definition) is 1. The van der Waals surface area contributed by atoms with Crippen molar-refractivity contribution in [2.24, 2.45) is 0 Å². The number of benzene rings is 1. The lowest BCUT2D eigenvalue weighted by Crippen LogP contribution is -2.21. The molecule has 0 radical (unpaired) electrons. The fourth-order valence-electron chi connectivity index (χ4n) is 2.49. The monoisotopic (exact) mass is 262 g/mol. The maximum Gasteiger partial charge on any atom is 0.338 e. The minimum absolute atomic E-state index is 0.0193. The van der Waals surface area contributed by atoms with Gasteiger partial charge in [-0.15, -0.1) is 0 Å². The van der Waals surface area contributed by atoms with Crippen LogP contribution in [0.4, 0.5) is 0 Å². The molecule has 2 rings (SSSR count). The zero-order valence-corrected chi connectivity index (χ0v) is 11.0. The van der Waals surface area contributed by atoms with Gasteiger partial charge in [-0.3, -0.25) is 0 Å². The van der Waals surface area contributed by atoms with Crippen molar-refractivity contribution in [3.05, 3.63) is 34.9 Å². The number of carboxylic acids is 1. The van der Waals surface area contributed by atoms with Gasteiger partial charge in [0.05, 0.1) is 11.1 Å². The number of carbonyl (C=O) groups is 2. The third kappa shape index (κ3) is 3.13. The highest BCUT2D eigenvalue weighted by Gasteiger charge is 2.21. The molecule has 1 aromatic carbocycles. The Hall–Kier alpha value is -1.84. The zero-order chi connectivity index (χ0) is 13.8. The smallest absolute Gasteiger partial charge is 0.338 e. The fourth-order valence-corrected chi connectivity index (χ4v) is 2.49. The molecule has 0 unspecified atom stereocenters. The van der Waals surface area contributed by atoms with Crippen molar-refractivity contribution in [1.82, 2.24) is 0 Å². The molecule has 0 heterocycles. The van der Waals surface area contributed by atoms with Crippen LogP contribution in [0, 0.1) is 6.92 Å². The van der Waals surface area contributed by atoms with E-state index >= 15 is 0 Å². The summed E-state index contributed by atoms with van der Waals surface area (Å²) in [6.07, 6.45) is 5.17. The van der Waals surface area contributed by atoms with Crippen molar-refractivity contribution in [2.75, 3.05) is 0 Å². The first-order chi connectivity index (χ1) is 9.09. The molecule has 0 aromatic heterocycles. The van der Waals surface area contributed by atoms with Gasteiger partial charge in [0.2, 0.25) is 0 Å². The van der Waals surface area contributed by atoms with Crippen LogP contribution in [0.1, 0.15) is 58.4 Å². The third-order valence-electron chi connectivity index (χ3n) is 3.61. The Kier molecular flexibility index (Phi) is 4.20. The first-order valence-electron chi connectivity index (χ1n) is 6.63. The van der Waals surface area contributed by atoms with E-state index in [2.05, 4.69) is 0 Å². The van der Waals surface area contributed by atoms with Crippen molar-refractivity contribution in [3.8, 4) is 0 Å². The maximum absolute atomic E-state index is 12.1. The maximum atomic E-state index is 12.1. The third-order valence-corrected chi connectivity index (χ3v) is 3.61. The van der Waals surface area contributed by atoms with E-state index in [4.69, 9.17) is 9.84 Å². The van der Waals surface area contributed by atoms with Gasteiger partial charge >= 0.3 is 11.9 Å². The molecular formula is C15H18O4. The number of hydrogen-bond acceptors (Lipinski definition) is 3. The summed E-state index contributed by atoms with van der Waals surface area (Å²) in [5, 5.41) is 9.04. The predicted molar refractivity (Wildman–Crippen MR) is 70.4 cm³/mol. The minimum Gasteiger partial charge on any atom is -0.478 e. The number of ether oxygens (including phenoxy) is 1. The van der Waals surface area contributed by atoms with E-state index in [0.717, 1.165) is 25.7 Å². The van der Waals surface area contributed by atoms with Gasteiger partial charge in [0.1, 0.15) is 6.10 Å². The molecule has 1 fully saturated rings. The summed E-state index contributed by atoms with van der Waals surface area (Å²) < 4.78 is 5.46. The summed E-state index contributed by atoms with van der Waals surface area (Å²) >= 11 is 0. The molecule has 1 saturated carbocycles. The normalized spacial score (nSPS) is 16.1. The second-order valence-electron chi connectivity index (χ2n) is 4.95. The van der Waals surface area contributed by atoms with Crippen molar-refractivity contribution in [3.63, 3.8) is 0 Å². The number of esters is 1. The molecule has 4 heteroatoms. The van der Waals surface area contributed by atoms with E-state index in [0.29, 0.717) is 11.1 Å². The number of carbonyl (C=O) groups excluding carboxylic acids is 1. The van der Waals surface area contributed by atoms with Crippen molar-refractivity contribution in [1.29, 1.82) is 0 Å². The molecule has 0 spiro atoms. The van der Waals surface area contributed by atoms with Gasteiger partial charge in [-0.2, -0.15) is 0 Å². The van der Waals surface area contributed by atoms with Crippen LogP contribution in [0.25, 0.3) is 0 Å². The van der Waals surface area contributed by atoms with Crippen LogP contribution in [0.15, 0.2) is 18.2 Å². The van der Waals surface area contributed by atoms with Gasteiger partial charge in [-0.1, -0.05) is 12.5 Å². The fraction of sp³-hybridized carbons (Fsp3) is 0.467. The number of carboxylic acid groups (broad SMARTS) is 1. The van der Waals surface area contributed by atoms with Gasteiger partial charge < -0.3 is 9.84 Å². The molecule has 0 amide bonds. The Labute approximate surface area is 112 Å². The molecule has 19 heavy (non-hydrogen) atoms. The lowest BCUT2D eigenvalue weighted by Gasteiger charge is -2.22. The lowest BCUT2D eigenvalue weighted by molar-refractivity contribution is 0.0210. The van der Waals surface area contributed by atoms with Crippen molar-refractivity contribution in [2.45, 2.75) is 45.1 Å². The Balaban J connectivity index is 2.14. The summed E-state index contributed by atoms with van der Waals surface area (Å²) in [5.41, 5.74) is 0.972. The number of rotatable bonds is 3. The first-order valence-corrected chi connectivity index (χ1v) is 6.63. The van der Waals surface area contributed by atoms with E-state index in [1.165, 1.54) is 12.5 Å². The second kappa shape index (κ2) is 5.87. The average molecular weight is 262 g/mol. The largest absolute Gasteiger partial charge is 0.478 e. The first kappa shape index (κ1) is 13.6. The minimum atomic E-state index is -1.02. The van der Waals surface area contributed by atoms with E-state index in [1.807, 2.05) is 0 Å². The molecular weight excluding hydrogens is 244 g/mol. The van der Waals surface area contributed by atoms with E-state index in [9.17, 15) is 9.59 Å². The number of aromatic carboxylic acids is 1. The van der Waals surface area contributed by atoms with Gasteiger partial charge in [0.25, 0.3) is 0 Å². The molecule has 102 valence electrons. The quantitative estimate of drug-likeness (QED) is 0.850. The topological polar surface area (TPSA) is 63.6 Å². The Morgan fingerprint density at radius 3 is 2.42 bits per heavy atom. The molecule has 1 N–H and O–H groups in total. The summed E-state index contributed by atoms with van der Waals surface area (Å²) in [5.74, 6) is -1.43. The predicted octanol–water partition coefficient (Wildman–Crippen LogP) is 3.18. The van der Waals surface area contributed by atoms with Gasteiger partial charge in [-0.25, -0.2) is 9.59 Å². The molecule has 1 aliphatic carbocycles. The summed E-state index contributed by atoms with van der Waals surface area (Å²) in [7, 11) is 0. The molecule has 1 aliphatic rings. The van der Waals surface area contributed by atoms with E-state index in [-0.39, 0.29) is 11.7 Å². The SMILES string of the molecule is Cc1c(C(=O)O)cccc1C(=O)OC1CCCCC1. The van der Waals surface area contributed by atoms with Crippen LogP contribution in [0.5, 0.6) is 0 Å². The molecule has 0 atom stereocenters. The summed E-state index contributed by atoms with van der Waals surface area (Å²) in [6.45, 7) is 1.64. The molecule has 4 nitrogen and oxygen atoms in total. The van der Waals surface area contributed by atoms with Crippen molar-refractivity contribution >= 4 is 11.9 Å². The van der Waals surface area contributed by atoms with Gasteiger partial charge in [0.15, 0.2) is 0 Å². The van der Waals surface area contributed by atoms with Crippen LogP contribution in [-0.4, -0.2) is 23.1 Å². The molecule has 0 bridgehead atoms. The zero-order valence-electron chi connectivity index (χ0n) is 11.0. The molecule has 1 aromatic rings. The highest BCUT2D eigenvalue weighted by molar-refractivity contribution is 5.97. The van der Waals surface area contributed by atoms with Crippen LogP contribution in [0.3, 0.4) is 0 Å². The Bertz CT molecular complexity index is 487. The highest BCUT2D eigenvalue weighted by atomic mass is 16.5. The molecule has 0 saturated heterocycles. The Morgan fingerprint density at radius 2 is 1.79 bits per heavy atom. The van der Waals surface area contributed by atoms with Gasteiger partial charge in [-0.05, 0) is 50.3 Å². The summed E-state index contributed by atoms with van der Waals surface area (Å²) in [4.78, 5) is 23.1. The lowest BCUT2D eigenvalue weighted by atomic mass is 9.97. The highest BCUT2D eigenvalue weighted by Crippen LogP contribution is 2.22. The van der Waals surface area contributed by atoms with Crippen LogP contribution >= 0.6 is 0 Å². The van der Waals surface area contributed by atoms with E-state index < -0.39 is 11.9 Å². The average Bonchev–Trinajstić information content (AvgIpc) is 2.39. The van der Waals surface area contributed by atoms with Crippen LogP contribution in [0.2, 0.25) is 0 Å². The molecule has 0 aliphatic heterocycles. The standard InChI is InChI=1S/C15H18O4/c1-10-12(14(16)17)8-5-9-13(10)15(18)19-11-6-3-2-4-7-11/h5,8-9,11H,2-4,6-7H2,1H3,(H,16,17). The Morgan fingerprint density at radius 1 is 1.16 bits per heavy atom. The van der Waals surface area contributed by atoms with E-state index in [1.54, 1.807) is 19.1 Å². The van der Waals surface area contributed by atoms with Crippen molar-refractivity contribution < 1.29 is 19.4 Å². The van der Waals surface area contributed by atoms with Crippen LogP contribution in [-0.2, 0) is 4.74 Å². The van der Waals surface area contributed by atoms with Crippen LogP contribution < -0.4 is 0 Å². The second-order valence-corrected chi connectivity index (χ2v) is 4.95. The van der Waals surface area contributed by atoms with Gasteiger partial charge in [0, 0.05) is 0 Å². The summed E-state index contributed by atoms with van der Waals surface area (Å²) in [6, 6.07) is 4.69.